The molecule has 0 fully saturated rings. The van der Waals surface area contributed by atoms with Gasteiger partial charge in [-0.3, -0.25) is 53.1 Å². The molecule has 0 aromatic heterocycles. The summed E-state index contributed by atoms with van der Waals surface area (Å²) in [5, 5.41) is 35.6. The van der Waals surface area contributed by atoms with Crippen LogP contribution in [0.25, 0.3) is 0 Å². The van der Waals surface area contributed by atoms with Gasteiger partial charge in [-0.1, -0.05) is 237 Å². The van der Waals surface area contributed by atoms with Crippen molar-refractivity contribution in [3.63, 3.8) is 0 Å². The fourth-order valence-corrected chi connectivity index (χ4v) is 13.5. The topological polar surface area (TPSA) is 377 Å². The zero-order valence-electron chi connectivity index (χ0n) is 68.6. The number of halogens is 6. The molecule has 124 heavy (non-hydrogen) atoms. The lowest BCUT2D eigenvalue weighted by molar-refractivity contribution is -0.387. The van der Waals surface area contributed by atoms with Crippen LogP contribution < -0.4 is 20.9 Å². The number of anilines is 3. The van der Waals surface area contributed by atoms with Gasteiger partial charge in [0.25, 0.3) is 0 Å². The Labute approximate surface area is 728 Å². The van der Waals surface area contributed by atoms with E-state index in [0.29, 0.717) is 61.8 Å². The third-order valence-corrected chi connectivity index (χ3v) is 20.1. The number of nitrogen functional groups attached to an aromatic ring is 1. The number of rotatable bonds is 31. The van der Waals surface area contributed by atoms with Crippen molar-refractivity contribution in [2.24, 2.45) is 5.73 Å². The van der Waals surface area contributed by atoms with Crippen LogP contribution in [0.3, 0.4) is 0 Å². The van der Waals surface area contributed by atoms with E-state index >= 15 is 0 Å². The van der Waals surface area contributed by atoms with Crippen molar-refractivity contribution in [3.05, 3.63) is 380 Å². The highest BCUT2D eigenvalue weighted by molar-refractivity contribution is 7.92. The number of nitro benzene ring substituents is 1. The SMILES string of the molecule is CC(=O)C(Cc1ccccc1)c1ccc(N)c(F)c1.CC(=O)C(Cc1ccccc1)c1ccc(NS(C)(=O)=O)c(F)c1.CC(=O)C(Cc1ccccc1)c1ccc([N+](=O)[O-])c(F)c1.CCOC(=O)C(Cl)Cc1ccccc1.CS(=O)(=O)Nc1ccc(C(Cc2ccccc2)C(=O)O)cc1F.NC(Cc1ccccc1)C(=O)O.O=C(O)C(Cl)Cc1ccccc1. The normalized spacial score (nSPS) is 12.3. The van der Waals surface area contributed by atoms with Gasteiger partial charge in [-0.2, -0.15) is 4.39 Å². The van der Waals surface area contributed by atoms with E-state index in [-0.39, 0.29) is 58.3 Å². The van der Waals surface area contributed by atoms with Crippen molar-refractivity contribution in [3.8, 4) is 0 Å². The minimum atomic E-state index is -3.60. The summed E-state index contributed by atoms with van der Waals surface area (Å²) in [5.41, 5.74) is 18.7. The van der Waals surface area contributed by atoms with Gasteiger partial charge >= 0.3 is 29.6 Å². The number of nitro groups is 1. The van der Waals surface area contributed by atoms with Gasteiger partial charge in [0.1, 0.15) is 51.6 Å². The first-order chi connectivity index (χ1) is 58.7. The van der Waals surface area contributed by atoms with Gasteiger partial charge in [0.05, 0.1) is 47.0 Å². The van der Waals surface area contributed by atoms with Crippen LogP contribution in [-0.2, 0) is 103 Å². The number of nitrogens with one attached hydrogen (secondary N) is 2. The van der Waals surface area contributed by atoms with Crippen LogP contribution in [0.4, 0.5) is 40.3 Å². The maximum absolute atomic E-state index is 14.1. The predicted octanol–water partition coefficient (Wildman–Crippen LogP) is 17.7. The van der Waals surface area contributed by atoms with E-state index in [1.165, 1.54) is 63.2 Å². The molecule has 0 spiro atoms. The molecule has 0 bridgehead atoms. The molecule has 22 nitrogen and oxygen atoms in total. The molecular weight excluding hydrogens is 1680 g/mol. The minimum Gasteiger partial charge on any atom is -0.481 e. The summed E-state index contributed by atoms with van der Waals surface area (Å²) in [7, 11) is -7.16. The van der Waals surface area contributed by atoms with E-state index in [4.69, 9.17) is 49.6 Å². The first-order valence-electron chi connectivity index (χ1n) is 38.4. The number of aliphatic carboxylic acids is 3. The summed E-state index contributed by atoms with van der Waals surface area (Å²) in [4.78, 5) is 88.8. The Hall–Kier alpha value is -12.7. The summed E-state index contributed by atoms with van der Waals surface area (Å²) in [6.07, 6.45) is 4.83. The maximum atomic E-state index is 14.1. The van der Waals surface area contributed by atoms with E-state index in [0.717, 1.165) is 69.7 Å². The van der Waals surface area contributed by atoms with Crippen molar-refractivity contribution < 1.29 is 92.9 Å². The number of ketones is 3. The van der Waals surface area contributed by atoms with Crippen LogP contribution >= 0.6 is 23.2 Å². The number of carboxylic acid groups (broad SMARTS) is 3. The summed E-state index contributed by atoms with van der Waals surface area (Å²) in [5.74, 6) is -8.65. The van der Waals surface area contributed by atoms with Crippen molar-refractivity contribution in [1.29, 1.82) is 0 Å². The summed E-state index contributed by atoms with van der Waals surface area (Å²) in [6.45, 7) is 6.57. The second-order valence-electron chi connectivity index (χ2n) is 28.2. The third kappa shape index (κ3) is 37.7. The number of hydrogen-bond acceptors (Lipinski definition) is 16. The number of Topliss-reactive ketones (excluding diaryl/α,β-unsaturated/α-hetero) is 3. The predicted molar refractivity (Wildman–Crippen MR) is 474 cm³/mol. The Balaban J connectivity index is 0.000000260. The van der Waals surface area contributed by atoms with E-state index in [2.05, 4.69) is 4.72 Å². The molecule has 0 aliphatic rings. The molecule has 0 aliphatic heterocycles. The number of nitrogens with two attached hydrogens (primary N) is 2. The van der Waals surface area contributed by atoms with Crippen molar-refractivity contribution in [1.82, 2.24) is 0 Å². The average Bonchev–Trinajstić information content (AvgIpc) is 0.838. The largest absolute Gasteiger partial charge is 0.481 e. The van der Waals surface area contributed by atoms with Crippen LogP contribution in [0.5, 0.6) is 0 Å². The number of nitrogens with zero attached hydrogens (tertiary/aromatic N) is 1. The molecule has 9 N–H and O–H groups in total. The number of ether oxygens (including phenoxy) is 1. The molecule has 0 saturated heterocycles. The highest BCUT2D eigenvalue weighted by atomic mass is 35.5. The van der Waals surface area contributed by atoms with Gasteiger partial charge in [-0.15, -0.1) is 23.2 Å². The Kier molecular flexibility index (Phi) is 42.6. The second-order valence-corrected chi connectivity index (χ2v) is 32.7. The van der Waals surface area contributed by atoms with E-state index < -0.39 is 106 Å². The van der Waals surface area contributed by atoms with Gasteiger partial charge < -0.3 is 31.5 Å². The summed E-state index contributed by atoms with van der Waals surface area (Å²) in [6, 6.07) is 81.1. The van der Waals surface area contributed by atoms with Crippen LogP contribution in [0.2, 0.25) is 0 Å². The molecule has 7 atom stereocenters. The third-order valence-electron chi connectivity index (χ3n) is 18.2. The highest BCUT2D eigenvalue weighted by Gasteiger charge is 2.26. The quantitative estimate of drug-likeness (QED) is 0.00530. The first kappa shape index (κ1) is 102. The van der Waals surface area contributed by atoms with E-state index in [1.807, 2.05) is 193 Å². The zero-order valence-corrected chi connectivity index (χ0v) is 71.7. The molecule has 0 heterocycles. The van der Waals surface area contributed by atoms with E-state index in [1.54, 1.807) is 43.3 Å². The number of carboxylic acids is 3. The molecule has 654 valence electrons. The van der Waals surface area contributed by atoms with Crippen LogP contribution in [0, 0.1) is 33.4 Å². The van der Waals surface area contributed by atoms with Crippen LogP contribution in [0.1, 0.15) is 113 Å². The Morgan fingerprint density at radius 2 is 0.669 bits per heavy atom. The highest BCUT2D eigenvalue weighted by Crippen LogP contribution is 2.31. The van der Waals surface area contributed by atoms with Crippen LogP contribution in [-0.4, -0.2) is 114 Å². The smallest absolute Gasteiger partial charge is 0.324 e. The number of hydrogen-bond donors (Lipinski definition) is 7. The lowest BCUT2D eigenvalue weighted by Gasteiger charge is -2.16. The molecule has 0 amide bonds. The average molecular weight is 1780 g/mol. The maximum Gasteiger partial charge on any atom is 0.324 e. The lowest BCUT2D eigenvalue weighted by atomic mass is 9.89. The fourth-order valence-electron chi connectivity index (χ4n) is 11.9. The van der Waals surface area contributed by atoms with Gasteiger partial charge in [-0.25, -0.2) is 30.0 Å². The molecule has 0 saturated carbocycles. The van der Waals surface area contributed by atoms with Gasteiger partial charge in [0, 0.05) is 23.8 Å². The first-order valence-corrected chi connectivity index (χ1v) is 43.1. The fraction of sp³-hybridized carbons (Fsp3) is 0.223. The number of benzene rings is 11. The van der Waals surface area contributed by atoms with Gasteiger partial charge in [0.2, 0.25) is 25.9 Å². The lowest BCUT2D eigenvalue weighted by Crippen LogP contribution is -2.32. The molecule has 30 heteroatoms. The molecule has 7 unspecified atom stereocenters. The Bertz CT molecular complexity index is 5320. The van der Waals surface area contributed by atoms with Gasteiger partial charge in [-0.05, 0) is 176 Å². The van der Waals surface area contributed by atoms with Crippen molar-refractivity contribution in [2.75, 3.05) is 34.3 Å². The second kappa shape index (κ2) is 51.9. The summed E-state index contributed by atoms with van der Waals surface area (Å²) < 4.78 is 109. The number of carbonyl (C=O) groups is 7. The van der Waals surface area contributed by atoms with Crippen LogP contribution in [0.15, 0.2) is 285 Å². The molecule has 0 aliphatic carbocycles. The standard InChI is InChI=1S/C17H18FNO3S.C16H16FNO4S.C16H14FNO3.C16H16FNO.C11H13ClO2.C9H9ClO2.C9H11NO2/c1-12(20)15(10-13-6-4-3-5-7-13)14-8-9-17(16(18)11-14)19-23(2,21)22;1-23(21,22)18-15-8-7-12(10-14(15)17)13(16(19)20)9-11-5-3-2-4-6-11;1-11(19)14(9-12-5-3-2-4-6-12)13-7-8-16(18(20)21)15(17)10-13;1-11(19)14(9-12-5-3-2-4-6-12)13-7-8-16(18)15(17)10-13;1-2-14-11(13)10(12)8-9-6-4-3-5-7-9;2*10-8(9(11)12)6-7-4-2-1-3-5-7/h3-9,11,15,19H,10H2,1-2H3;2-8,10,13,18H,9H2,1H3,(H,19,20);2-8,10,14H,9H2,1H3;2-8,10,14H,9,18H2,1H3;3-7,10H,2,8H2,1H3;1-5,8H,6H2,(H,11,12);1-5,8H,6,10H2,(H,11,12). The number of sulfonamides is 2. The molecule has 0 radical (unpaired) electrons. The zero-order chi connectivity index (χ0) is 91.6. The molecule has 11 aromatic rings. The van der Waals surface area contributed by atoms with Crippen molar-refractivity contribution >= 4 is 107 Å². The number of esters is 1. The molecule has 11 rings (SSSR count). The van der Waals surface area contributed by atoms with Crippen molar-refractivity contribution in [2.45, 2.75) is 113 Å². The van der Waals surface area contributed by atoms with E-state index in [9.17, 15) is 83.2 Å². The number of alkyl halides is 2. The minimum absolute atomic E-state index is 0.0213. The number of carbonyl (C=O) groups excluding carboxylic acids is 4. The molecule has 11 aromatic carbocycles. The molecular formula is C94H97Cl2F4N5O17S2. The Morgan fingerprint density at radius 3 is 0.935 bits per heavy atom. The van der Waals surface area contributed by atoms with Gasteiger partial charge in [0.15, 0.2) is 0 Å². The summed E-state index contributed by atoms with van der Waals surface area (Å²) >= 11 is 11.4. The Morgan fingerprint density at radius 1 is 0.395 bits per heavy atom. The monoisotopic (exact) mass is 1780 g/mol.